The van der Waals surface area contributed by atoms with E-state index in [0.717, 1.165) is 17.0 Å². The Bertz CT molecular complexity index is 1140. The highest BCUT2D eigenvalue weighted by atomic mass is 16.5. The van der Waals surface area contributed by atoms with Crippen molar-refractivity contribution < 1.29 is 19.0 Å². The number of hydrogen-bond donors (Lipinski definition) is 1. The number of hydrogen-bond acceptors (Lipinski definition) is 6. The third kappa shape index (κ3) is 6.80. The van der Waals surface area contributed by atoms with E-state index in [-0.39, 0.29) is 19.1 Å². The number of nitrogens with zero attached hydrogens (tertiary/aromatic N) is 2. The molecule has 3 aromatic carbocycles. The van der Waals surface area contributed by atoms with Crippen LogP contribution in [0.25, 0.3) is 11.3 Å². The van der Waals surface area contributed by atoms with Crippen LogP contribution in [0.5, 0.6) is 23.1 Å². The predicted octanol–water partition coefficient (Wildman–Crippen LogP) is 4.51. The zero-order valence-corrected chi connectivity index (χ0v) is 17.9. The van der Waals surface area contributed by atoms with Gasteiger partial charge in [-0.1, -0.05) is 48.5 Å². The molecule has 4 rings (SSSR count). The molecule has 0 saturated heterocycles. The second-order valence-corrected chi connectivity index (χ2v) is 7.00. The number of carbonyl (C=O) groups excluding carboxylic acids is 1. The molecule has 1 N–H and O–H groups in total. The number of aromatic nitrogens is 2. The molecule has 0 atom stereocenters. The van der Waals surface area contributed by atoms with Crippen LogP contribution in [0.1, 0.15) is 0 Å². The summed E-state index contributed by atoms with van der Waals surface area (Å²) in [6.07, 6.45) is 0. The lowest BCUT2D eigenvalue weighted by Crippen LogP contribution is -2.32. The minimum atomic E-state index is -0.242. The van der Waals surface area contributed by atoms with Gasteiger partial charge in [0.25, 0.3) is 5.91 Å². The second kappa shape index (κ2) is 11.3. The fraction of sp³-hybridized carbons (Fsp3) is 0.115. The number of amides is 1. The van der Waals surface area contributed by atoms with E-state index in [0.29, 0.717) is 23.9 Å². The third-order valence-electron chi connectivity index (χ3n) is 4.56. The van der Waals surface area contributed by atoms with Gasteiger partial charge in [0.15, 0.2) is 6.61 Å². The molecule has 1 heterocycles. The summed E-state index contributed by atoms with van der Waals surface area (Å²) < 4.78 is 16.8. The molecule has 0 fully saturated rings. The molecule has 0 spiro atoms. The molecule has 0 radical (unpaired) electrons. The van der Waals surface area contributed by atoms with Crippen LogP contribution < -0.4 is 19.5 Å². The fourth-order valence-corrected chi connectivity index (χ4v) is 2.93. The summed E-state index contributed by atoms with van der Waals surface area (Å²) in [5, 5.41) is 11.0. The van der Waals surface area contributed by atoms with Crippen molar-refractivity contribution in [3.8, 4) is 34.4 Å². The van der Waals surface area contributed by atoms with Gasteiger partial charge in [-0.2, -0.15) is 0 Å². The largest absolute Gasteiger partial charge is 0.484 e. The summed E-state index contributed by atoms with van der Waals surface area (Å²) in [7, 11) is 0. The maximum Gasteiger partial charge on any atom is 0.258 e. The van der Waals surface area contributed by atoms with Crippen molar-refractivity contribution in [2.75, 3.05) is 19.8 Å². The maximum atomic E-state index is 12.0. The van der Waals surface area contributed by atoms with Crippen LogP contribution in [-0.4, -0.2) is 35.9 Å². The fourth-order valence-electron chi connectivity index (χ4n) is 2.93. The molecule has 0 aliphatic rings. The highest BCUT2D eigenvalue weighted by Crippen LogP contribution is 2.23. The number of carbonyl (C=O) groups is 1. The molecule has 7 nitrogen and oxygen atoms in total. The van der Waals surface area contributed by atoms with E-state index in [1.807, 2.05) is 66.7 Å². The topological polar surface area (TPSA) is 82.6 Å². The van der Waals surface area contributed by atoms with Gasteiger partial charge >= 0.3 is 0 Å². The normalized spacial score (nSPS) is 10.3. The third-order valence-corrected chi connectivity index (χ3v) is 4.56. The number of benzene rings is 3. The van der Waals surface area contributed by atoms with Crippen molar-refractivity contribution in [1.82, 2.24) is 15.5 Å². The number of rotatable bonds is 10. The average Bonchev–Trinajstić information content (AvgIpc) is 2.88. The Morgan fingerprint density at radius 3 is 2.06 bits per heavy atom. The van der Waals surface area contributed by atoms with Crippen LogP contribution in [0.3, 0.4) is 0 Å². The van der Waals surface area contributed by atoms with E-state index in [1.54, 1.807) is 30.3 Å². The first-order chi connectivity index (χ1) is 16.3. The van der Waals surface area contributed by atoms with Crippen molar-refractivity contribution in [1.29, 1.82) is 0 Å². The lowest BCUT2D eigenvalue weighted by molar-refractivity contribution is -0.123. The minimum Gasteiger partial charge on any atom is -0.484 e. The first-order valence-electron chi connectivity index (χ1n) is 10.5. The average molecular weight is 441 g/mol. The Morgan fingerprint density at radius 2 is 1.36 bits per heavy atom. The summed E-state index contributed by atoms with van der Waals surface area (Å²) in [5.74, 6) is 2.18. The molecular weight excluding hydrogens is 418 g/mol. The molecule has 0 unspecified atom stereocenters. The van der Waals surface area contributed by atoms with E-state index in [1.165, 1.54) is 0 Å². The van der Waals surface area contributed by atoms with Gasteiger partial charge in [0.05, 0.1) is 12.2 Å². The van der Waals surface area contributed by atoms with Gasteiger partial charge in [-0.25, -0.2) is 0 Å². The van der Waals surface area contributed by atoms with E-state index >= 15 is 0 Å². The highest BCUT2D eigenvalue weighted by molar-refractivity contribution is 5.77. The first-order valence-corrected chi connectivity index (χ1v) is 10.5. The van der Waals surface area contributed by atoms with E-state index in [2.05, 4.69) is 15.5 Å². The zero-order chi connectivity index (χ0) is 22.7. The molecule has 0 saturated carbocycles. The monoisotopic (exact) mass is 441 g/mol. The zero-order valence-electron chi connectivity index (χ0n) is 17.9. The summed E-state index contributed by atoms with van der Waals surface area (Å²) in [6, 6.07) is 30.0. The van der Waals surface area contributed by atoms with E-state index in [4.69, 9.17) is 14.2 Å². The van der Waals surface area contributed by atoms with Crippen molar-refractivity contribution in [2.45, 2.75) is 0 Å². The minimum absolute atomic E-state index is 0.0928. The number of para-hydroxylation sites is 1. The van der Waals surface area contributed by atoms with Gasteiger partial charge in [-0.05, 0) is 42.5 Å². The van der Waals surface area contributed by atoms with Crippen LogP contribution in [0, 0.1) is 0 Å². The summed E-state index contributed by atoms with van der Waals surface area (Å²) in [5.41, 5.74) is 1.76. The molecule has 0 aliphatic carbocycles. The van der Waals surface area contributed by atoms with E-state index in [9.17, 15) is 4.79 Å². The van der Waals surface area contributed by atoms with Crippen molar-refractivity contribution >= 4 is 5.91 Å². The smallest absolute Gasteiger partial charge is 0.258 e. The summed E-state index contributed by atoms with van der Waals surface area (Å²) in [6.45, 7) is 0.509. The molecule has 1 aromatic heterocycles. The van der Waals surface area contributed by atoms with Gasteiger partial charge < -0.3 is 19.5 Å². The van der Waals surface area contributed by atoms with Gasteiger partial charge in [0, 0.05) is 11.6 Å². The Morgan fingerprint density at radius 1 is 0.697 bits per heavy atom. The molecule has 4 aromatic rings. The summed E-state index contributed by atoms with van der Waals surface area (Å²) in [4.78, 5) is 12.0. The van der Waals surface area contributed by atoms with Gasteiger partial charge in [-0.3, -0.25) is 4.79 Å². The highest BCUT2D eigenvalue weighted by Gasteiger charge is 2.05. The number of nitrogens with one attached hydrogen (secondary N) is 1. The molecule has 1 amide bonds. The van der Waals surface area contributed by atoms with Crippen molar-refractivity contribution in [3.63, 3.8) is 0 Å². The first kappa shape index (κ1) is 21.8. The Balaban J connectivity index is 1.14. The second-order valence-electron chi connectivity index (χ2n) is 7.00. The molecule has 166 valence electrons. The Hall–Kier alpha value is -4.39. The summed E-state index contributed by atoms with van der Waals surface area (Å²) >= 11 is 0. The van der Waals surface area contributed by atoms with Crippen molar-refractivity contribution in [2.24, 2.45) is 0 Å². The Labute approximate surface area is 192 Å². The quantitative estimate of drug-likeness (QED) is 0.365. The molecule has 0 aliphatic heterocycles. The van der Waals surface area contributed by atoms with Crippen LogP contribution >= 0.6 is 0 Å². The molecule has 7 heteroatoms. The lowest BCUT2D eigenvalue weighted by Gasteiger charge is -2.09. The van der Waals surface area contributed by atoms with E-state index < -0.39 is 0 Å². The molecule has 33 heavy (non-hydrogen) atoms. The van der Waals surface area contributed by atoms with Gasteiger partial charge in [0.2, 0.25) is 5.88 Å². The lowest BCUT2D eigenvalue weighted by atomic mass is 10.1. The SMILES string of the molecule is O=C(COc1ccc(Oc2ccccc2)cc1)NCCOc1ccc(-c2ccccc2)nn1. The Kier molecular flexibility index (Phi) is 7.47. The maximum absolute atomic E-state index is 12.0. The van der Waals surface area contributed by atoms with Crippen molar-refractivity contribution in [3.05, 3.63) is 97.1 Å². The van der Waals surface area contributed by atoms with Gasteiger partial charge in [0.1, 0.15) is 23.9 Å². The van der Waals surface area contributed by atoms with Crippen LogP contribution in [0.4, 0.5) is 0 Å². The molecule has 0 bridgehead atoms. The van der Waals surface area contributed by atoms with Crippen LogP contribution in [-0.2, 0) is 4.79 Å². The van der Waals surface area contributed by atoms with Gasteiger partial charge in [-0.15, -0.1) is 10.2 Å². The standard InChI is InChI=1S/C26H23N3O4/c30-25(19-32-21-11-13-23(14-12-21)33-22-9-5-2-6-10-22)27-17-18-31-26-16-15-24(28-29-26)20-7-3-1-4-8-20/h1-16H,17-19H2,(H,27,30). The predicted molar refractivity (Wildman–Crippen MR) is 124 cm³/mol. The number of ether oxygens (including phenoxy) is 3. The van der Waals surface area contributed by atoms with Crippen LogP contribution in [0.15, 0.2) is 97.1 Å². The molecular formula is C26H23N3O4. The van der Waals surface area contributed by atoms with Crippen LogP contribution in [0.2, 0.25) is 0 Å².